The van der Waals surface area contributed by atoms with Gasteiger partial charge in [-0.1, -0.05) is 139 Å². The molecule has 0 spiro atoms. The van der Waals surface area contributed by atoms with Gasteiger partial charge in [-0.05, 0) is 99.8 Å². The highest BCUT2D eigenvalue weighted by atomic mass is 32.1. The predicted octanol–water partition coefficient (Wildman–Crippen LogP) is 16.4. The number of ether oxygens (including phenoxy) is 1. The number of thiophene rings is 1. The van der Waals surface area contributed by atoms with Crippen LogP contribution in [0.1, 0.15) is 52.7 Å². The number of pyridine rings is 1. The van der Waals surface area contributed by atoms with Crippen molar-refractivity contribution in [2.24, 2.45) is 0 Å². The molecular weight excluding hydrogens is 801 g/mol. The lowest BCUT2D eigenvalue weighted by Crippen LogP contribution is -2.25. The Balaban J connectivity index is 1.00. The van der Waals surface area contributed by atoms with Gasteiger partial charge in [0.1, 0.15) is 24.0 Å². The molecule has 7 aromatic carbocycles. The lowest BCUT2D eigenvalue weighted by atomic mass is 9.82. The summed E-state index contributed by atoms with van der Waals surface area (Å²) in [7, 11) is 0. The van der Waals surface area contributed by atoms with Gasteiger partial charge < -0.3 is 14.5 Å². The monoisotopic (exact) mass is 850 g/mol. The van der Waals surface area contributed by atoms with E-state index < -0.39 is 0 Å². The minimum atomic E-state index is -0.0483. The van der Waals surface area contributed by atoms with Gasteiger partial charge in [-0.3, -0.25) is 4.57 Å². The fourth-order valence-electron chi connectivity index (χ4n) is 9.27. The van der Waals surface area contributed by atoms with Crippen LogP contribution in [0.25, 0.3) is 59.3 Å². The molecule has 1 aliphatic rings. The summed E-state index contributed by atoms with van der Waals surface area (Å²) < 4.78 is 11.7. The lowest BCUT2D eigenvalue weighted by molar-refractivity contribution is 0.483. The normalized spacial score (nSPS) is 13.0. The number of hydrogen-bond donors (Lipinski definition) is 0. The third-order valence-electron chi connectivity index (χ3n) is 12.6. The number of nitrogens with zero attached hydrogens (tertiary/aromatic N) is 4. The first-order valence-corrected chi connectivity index (χ1v) is 23.0. The van der Waals surface area contributed by atoms with Crippen molar-refractivity contribution in [1.82, 2.24) is 9.55 Å². The number of hydrogen-bond acceptors (Lipinski definition) is 5. The average Bonchev–Trinajstić information content (AvgIpc) is 3.98. The lowest BCUT2D eigenvalue weighted by Gasteiger charge is -2.30. The minimum absolute atomic E-state index is 0.0199. The van der Waals surface area contributed by atoms with Gasteiger partial charge in [0.2, 0.25) is 0 Å². The highest BCUT2D eigenvalue weighted by Crippen LogP contribution is 2.52. The first kappa shape index (κ1) is 39.7. The van der Waals surface area contributed by atoms with E-state index in [0.29, 0.717) is 6.67 Å². The van der Waals surface area contributed by atoms with Crippen LogP contribution in [0, 0.1) is 0 Å². The zero-order valence-corrected chi connectivity index (χ0v) is 37.9. The number of para-hydroxylation sites is 2. The van der Waals surface area contributed by atoms with Gasteiger partial charge in [0.25, 0.3) is 0 Å². The Hall–Kier alpha value is -7.15. The molecule has 0 fully saturated rings. The molecular formula is C58H50N4OS. The molecule has 11 rings (SSSR count). The van der Waals surface area contributed by atoms with E-state index in [-0.39, 0.29) is 10.8 Å². The van der Waals surface area contributed by atoms with Crippen molar-refractivity contribution < 1.29 is 4.74 Å². The quantitative estimate of drug-likeness (QED) is 0.160. The Morgan fingerprint density at radius 2 is 1.16 bits per heavy atom. The largest absolute Gasteiger partial charge is 0.457 e. The zero-order valence-electron chi connectivity index (χ0n) is 37.1. The van der Waals surface area contributed by atoms with Gasteiger partial charge in [0.05, 0.1) is 32.8 Å². The van der Waals surface area contributed by atoms with E-state index in [2.05, 4.69) is 232 Å². The molecule has 0 saturated heterocycles. The van der Waals surface area contributed by atoms with Gasteiger partial charge in [-0.15, -0.1) is 11.3 Å². The van der Waals surface area contributed by atoms with Crippen LogP contribution in [0.5, 0.6) is 11.5 Å². The number of benzene rings is 7. The SMILES string of the molecule is CC(C)(C)c1ccnc(-n2c3cc(Oc4cccc(N5CN(c6c(-c7ccccc7)cc(C(C)(C)C)cc6-c6ccccc6)c6ccccc65)c4)ccc3c3sc4ccccc4c32)c1. The van der Waals surface area contributed by atoms with E-state index in [4.69, 9.17) is 9.72 Å². The molecule has 64 heavy (non-hydrogen) atoms. The Kier molecular flexibility index (Phi) is 9.48. The Morgan fingerprint density at radius 1 is 0.531 bits per heavy atom. The van der Waals surface area contributed by atoms with E-state index in [9.17, 15) is 0 Å². The molecule has 314 valence electrons. The van der Waals surface area contributed by atoms with Gasteiger partial charge in [0.15, 0.2) is 0 Å². The maximum atomic E-state index is 6.84. The van der Waals surface area contributed by atoms with E-state index in [1.54, 1.807) is 0 Å². The van der Waals surface area contributed by atoms with E-state index in [1.807, 2.05) is 17.5 Å². The minimum Gasteiger partial charge on any atom is -0.457 e. The highest BCUT2D eigenvalue weighted by Gasteiger charge is 2.33. The average molecular weight is 851 g/mol. The van der Waals surface area contributed by atoms with E-state index >= 15 is 0 Å². The predicted molar refractivity (Wildman–Crippen MR) is 271 cm³/mol. The van der Waals surface area contributed by atoms with Crippen LogP contribution < -0.4 is 14.5 Å². The van der Waals surface area contributed by atoms with Crippen LogP contribution in [-0.2, 0) is 10.8 Å². The fraction of sp³-hybridized carbons (Fsp3) is 0.155. The fourth-order valence-corrected chi connectivity index (χ4v) is 10.5. The van der Waals surface area contributed by atoms with Crippen molar-refractivity contribution in [2.75, 3.05) is 16.5 Å². The van der Waals surface area contributed by atoms with E-state index in [0.717, 1.165) is 39.9 Å². The summed E-state index contributed by atoms with van der Waals surface area (Å²) in [4.78, 5) is 9.88. The summed E-state index contributed by atoms with van der Waals surface area (Å²) in [5, 5.41) is 2.42. The molecule has 0 unspecified atom stereocenters. The van der Waals surface area contributed by atoms with Crippen LogP contribution in [0.2, 0.25) is 0 Å². The molecule has 0 atom stereocenters. The third kappa shape index (κ3) is 6.90. The van der Waals surface area contributed by atoms with Crippen LogP contribution in [0.15, 0.2) is 182 Å². The molecule has 0 radical (unpaired) electrons. The summed E-state index contributed by atoms with van der Waals surface area (Å²) in [6.45, 7) is 14.3. The van der Waals surface area contributed by atoms with Crippen LogP contribution in [0.3, 0.4) is 0 Å². The number of fused-ring (bicyclic) bond motifs is 6. The maximum Gasteiger partial charge on any atom is 0.137 e. The molecule has 1 aliphatic heterocycles. The molecule has 0 bridgehead atoms. The highest BCUT2D eigenvalue weighted by molar-refractivity contribution is 7.26. The molecule has 4 heterocycles. The van der Waals surface area contributed by atoms with Crippen LogP contribution in [-0.4, -0.2) is 16.2 Å². The zero-order chi connectivity index (χ0) is 43.7. The second kappa shape index (κ2) is 15.3. The summed E-state index contributed by atoms with van der Waals surface area (Å²) in [5.74, 6) is 2.46. The first-order valence-electron chi connectivity index (χ1n) is 22.1. The Morgan fingerprint density at radius 3 is 1.84 bits per heavy atom. The molecule has 0 aliphatic carbocycles. The summed E-state index contributed by atoms with van der Waals surface area (Å²) in [5.41, 5.74) is 14.1. The second-order valence-corrected chi connectivity index (χ2v) is 20.0. The number of anilines is 4. The number of rotatable bonds is 7. The van der Waals surface area contributed by atoms with Crippen molar-refractivity contribution in [2.45, 2.75) is 52.4 Å². The van der Waals surface area contributed by atoms with Gasteiger partial charge >= 0.3 is 0 Å². The number of aromatic nitrogens is 2. The van der Waals surface area contributed by atoms with Crippen molar-refractivity contribution in [3.05, 3.63) is 193 Å². The van der Waals surface area contributed by atoms with Crippen molar-refractivity contribution in [3.63, 3.8) is 0 Å². The molecule has 0 saturated carbocycles. The van der Waals surface area contributed by atoms with Gasteiger partial charge in [0, 0.05) is 50.6 Å². The van der Waals surface area contributed by atoms with Gasteiger partial charge in [-0.25, -0.2) is 4.98 Å². The van der Waals surface area contributed by atoms with Crippen LogP contribution in [0.4, 0.5) is 22.7 Å². The van der Waals surface area contributed by atoms with Gasteiger partial charge in [-0.2, -0.15) is 0 Å². The van der Waals surface area contributed by atoms with Crippen molar-refractivity contribution in [1.29, 1.82) is 0 Å². The third-order valence-corrected chi connectivity index (χ3v) is 13.8. The molecule has 0 amide bonds. The summed E-state index contributed by atoms with van der Waals surface area (Å²) in [6.07, 6.45) is 1.94. The first-order chi connectivity index (χ1) is 31.0. The molecule has 6 heteroatoms. The standard InChI is InChI=1S/C58H50N4OS/c1-57(2,3)40-30-31-59-53(34-40)62-51-36-44(28-29-45(51)56-55(62)46-24-13-16-27-52(46)64-56)63-43-23-17-22-42(35-43)60-37-61(50-26-15-14-25-49(50)60)54-47(38-18-9-7-10-19-38)32-41(58(4,5)6)33-48(54)39-20-11-8-12-21-39/h7-36H,37H2,1-6H3. The maximum absolute atomic E-state index is 6.84. The van der Waals surface area contributed by atoms with Crippen molar-refractivity contribution in [3.8, 4) is 39.6 Å². The Labute approximate surface area is 379 Å². The summed E-state index contributed by atoms with van der Waals surface area (Å²) >= 11 is 1.84. The van der Waals surface area contributed by atoms with Crippen molar-refractivity contribution >= 4 is 65.3 Å². The molecule has 0 N–H and O–H groups in total. The van der Waals surface area contributed by atoms with E-state index in [1.165, 1.54) is 64.8 Å². The smallest absolute Gasteiger partial charge is 0.137 e. The topological polar surface area (TPSA) is 33.5 Å². The molecule has 10 aromatic rings. The molecule has 5 nitrogen and oxygen atoms in total. The van der Waals surface area contributed by atoms with Crippen LogP contribution >= 0.6 is 11.3 Å². The second-order valence-electron chi connectivity index (χ2n) is 18.9. The summed E-state index contributed by atoms with van der Waals surface area (Å²) in [6, 6.07) is 63.4. The molecule has 3 aromatic heterocycles. The Bertz CT molecular complexity index is 3310.